The Kier molecular flexibility index (Phi) is 5.00. The first-order chi connectivity index (χ1) is 11.6. The quantitative estimate of drug-likeness (QED) is 0.874. The van der Waals surface area contributed by atoms with Crippen LogP contribution in [-0.2, 0) is 21.4 Å². The van der Waals surface area contributed by atoms with Crippen LogP contribution in [0.4, 0.5) is 5.69 Å². The van der Waals surface area contributed by atoms with Crippen molar-refractivity contribution in [2.45, 2.75) is 37.5 Å². The van der Waals surface area contributed by atoms with E-state index >= 15 is 0 Å². The Hall–Kier alpha value is -2.14. The Labute approximate surface area is 146 Å². The van der Waals surface area contributed by atoms with Gasteiger partial charge in [-0.15, -0.1) is 11.3 Å². The first-order valence-electron chi connectivity index (χ1n) is 8.29. The number of carbonyl (C=O) groups excluding carboxylic acids is 2. The Morgan fingerprint density at radius 3 is 2.42 bits per heavy atom. The van der Waals surface area contributed by atoms with Gasteiger partial charge in [-0.3, -0.25) is 9.59 Å². The third-order valence-electron chi connectivity index (χ3n) is 4.74. The smallest absolute Gasteiger partial charge is 0.235 e. The van der Waals surface area contributed by atoms with Crippen LogP contribution in [0.2, 0.25) is 0 Å². The van der Waals surface area contributed by atoms with Gasteiger partial charge in [0.05, 0.1) is 11.8 Å². The maximum Gasteiger partial charge on any atom is 0.235 e. The number of rotatable bonds is 5. The van der Waals surface area contributed by atoms with Crippen molar-refractivity contribution in [1.29, 1.82) is 0 Å². The number of likely N-dealkylation sites (N-methyl/N-ethyl adjacent to an activating group) is 1. The number of hydrogen-bond acceptors (Lipinski definition) is 3. The number of thiophene rings is 1. The molecule has 0 unspecified atom stereocenters. The first-order valence-corrected chi connectivity index (χ1v) is 9.17. The highest BCUT2D eigenvalue weighted by atomic mass is 32.1. The number of anilines is 1. The van der Waals surface area contributed by atoms with Gasteiger partial charge in [-0.2, -0.15) is 0 Å². The fourth-order valence-electron chi connectivity index (χ4n) is 3.35. The summed E-state index contributed by atoms with van der Waals surface area (Å²) in [7, 11) is 1.63. The van der Waals surface area contributed by atoms with Crippen LogP contribution < -0.4 is 10.6 Å². The van der Waals surface area contributed by atoms with Crippen molar-refractivity contribution < 1.29 is 9.59 Å². The van der Waals surface area contributed by atoms with Crippen LogP contribution in [0, 0.1) is 0 Å². The second-order valence-corrected chi connectivity index (χ2v) is 7.22. The first kappa shape index (κ1) is 16.7. The molecule has 1 saturated carbocycles. The normalized spacial score (nSPS) is 15.9. The van der Waals surface area contributed by atoms with Gasteiger partial charge in [0.15, 0.2) is 0 Å². The van der Waals surface area contributed by atoms with E-state index in [1.807, 2.05) is 35.7 Å². The fourth-order valence-corrected chi connectivity index (χ4v) is 4.33. The maximum absolute atomic E-state index is 13.0. The van der Waals surface area contributed by atoms with Crippen LogP contribution in [0.25, 0.3) is 0 Å². The topological polar surface area (TPSA) is 58.2 Å². The molecule has 1 aromatic carbocycles. The molecule has 0 atom stereocenters. The molecule has 2 N–H and O–H groups in total. The van der Waals surface area contributed by atoms with E-state index in [4.69, 9.17) is 0 Å². The molecule has 1 fully saturated rings. The highest BCUT2D eigenvalue weighted by Crippen LogP contribution is 2.43. The van der Waals surface area contributed by atoms with Crippen molar-refractivity contribution in [3.8, 4) is 0 Å². The standard InChI is InChI=1S/C19H22N2O2S/c1-20-17(22)13-14-6-8-15(9-7-14)21-18(23)19(10-2-3-11-19)16-5-4-12-24-16/h4-9,12H,2-3,10-11,13H2,1H3,(H,20,22)(H,21,23). The SMILES string of the molecule is CNC(=O)Cc1ccc(NC(=O)C2(c3cccs3)CCCC2)cc1. The summed E-state index contributed by atoms with van der Waals surface area (Å²) >= 11 is 1.66. The molecule has 0 bridgehead atoms. The summed E-state index contributed by atoms with van der Waals surface area (Å²) in [5, 5.41) is 7.72. The van der Waals surface area contributed by atoms with E-state index in [-0.39, 0.29) is 17.2 Å². The lowest BCUT2D eigenvalue weighted by molar-refractivity contribution is -0.121. The predicted molar refractivity (Wildman–Crippen MR) is 97.3 cm³/mol. The molecule has 1 aliphatic rings. The molecule has 3 rings (SSSR count). The molecule has 5 heteroatoms. The minimum Gasteiger partial charge on any atom is -0.359 e. The third kappa shape index (κ3) is 3.36. The van der Waals surface area contributed by atoms with E-state index in [0.717, 1.165) is 41.8 Å². The molecule has 1 aromatic heterocycles. The number of benzene rings is 1. The van der Waals surface area contributed by atoms with Gasteiger partial charge in [-0.1, -0.05) is 31.0 Å². The summed E-state index contributed by atoms with van der Waals surface area (Å²) in [6.45, 7) is 0. The molecule has 126 valence electrons. The Morgan fingerprint density at radius 1 is 1.12 bits per heavy atom. The molecule has 0 aliphatic heterocycles. The highest BCUT2D eigenvalue weighted by molar-refractivity contribution is 7.10. The van der Waals surface area contributed by atoms with Gasteiger partial charge in [-0.05, 0) is 42.0 Å². The lowest BCUT2D eigenvalue weighted by Gasteiger charge is -2.26. The Morgan fingerprint density at radius 2 is 1.83 bits per heavy atom. The van der Waals surface area contributed by atoms with E-state index in [1.165, 1.54) is 0 Å². The Balaban J connectivity index is 1.73. The second-order valence-electron chi connectivity index (χ2n) is 6.27. The van der Waals surface area contributed by atoms with Crippen LogP contribution in [0.5, 0.6) is 0 Å². The minimum atomic E-state index is -0.380. The number of amides is 2. The van der Waals surface area contributed by atoms with Gasteiger partial charge in [0.25, 0.3) is 0 Å². The highest BCUT2D eigenvalue weighted by Gasteiger charge is 2.43. The summed E-state index contributed by atoms with van der Waals surface area (Å²) in [5.41, 5.74) is 1.33. The summed E-state index contributed by atoms with van der Waals surface area (Å²) in [4.78, 5) is 25.5. The van der Waals surface area contributed by atoms with Crippen LogP contribution in [0.1, 0.15) is 36.1 Å². The second kappa shape index (κ2) is 7.18. The average molecular weight is 342 g/mol. The number of nitrogens with one attached hydrogen (secondary N) is 2. The average Bonchev–Trinajstić information content (AvgIpc) is 3.28. The zero-order valence-corrected chi connectivity index (χ0v) is 14.6. The van der Waals surface area contributed by atoms with E-state index in [9.17, 15) is 9.59 Å². The Bertz CT molecular complexity index is 701. The predicted octanol–water partition coefficient (Wildman–Crippen LogP) is 3.49. The monoisotopic (exact) mass is 342 g/mol. The van der Waals surface area contributed by atoms with Crippen LogP contribution in [0.3, 0.4) is 0 Å². The molecular weight excluding hydrogens is 320 g/mol. The van der Waals surface area contributed by atoms with Gasteiger partial charge >= 0.3 is 0 Å². The summed E-state index contributed by atoms with van der Waals surface area (Å²) < 4.78 is 0. The zero-order chi connectivity index (χ0) is 17.0. The van der Waals surface area contributed by atoms with E-state index in [0.29, 0.717) is 6.42 Å². The van der Waals surface area contributed by atoms with Crippen molar-refractivity contribution in [3.63, 3.8) is 0 Å². The molecule has 1 aliphatic carbocycles. The van der Waals surface area contributed by atoms with Gasteiger partial charge in [0, 0.05) is 17.6 Å². The molecule has 0 saturated heterocycles. The van der Waals surface area contributed by atoms with Crippen molar-refractivity contribution in [1.82, 2.24) is 5.32 Å². The summed E-state index contributed by atoms with van der Waals surface area (Å²) in [5.74, 6) is 0.0656. The lowest BCUT2D eigenvalue weighted by atomic mass is 9.83. The van der Waals surface area contributed by atoms with Crippen LogP contribution in [0.15, 0.2) is 41.8 Å². The summed E-state index contributed by atoms with van der Waals surface area (Å²) in [6.07, 6.45) is 4.36. The van der Waals surface area contributed by atoms with Crippen LogP contribution >= 0.6 is 11.3 Å². The maximum atomic E-state index is 13.0. The molecule has 0 radical (unpaired) electrons. The zero-order valence-electron chi connectivity index (χ0n) is 13.8. The lowest BCUT2D eigenvalue weighted by Crippen LogP contribution is -2.37. The number of hydrogen-bond donors (Lipinski definition) is 2. The van der Waals surface area contributed by atoms with Crippen molar-refractivity contribution in [2.24, 2.45) is 0 Å². The van der Waals surface area contributed by atoms with E-state index in [1.54, 1.807) is 18.4 Å². The van der Waals surface area contributed by atoms with E-state index in [2.05, 4.69) is 16.7 Å². The number of carbonyl (C=O) groups is 2. The molecule has 0 spiro atoms. The molecule has 24 heavy (non-hydrogen) atoms. The van der Waals surface area contributed by atoms with Gasteiger partial charge < -0.3 is 10.6 Å². The van der Waals surface area contributed by atoms with Gasteiger partial charge in [-0.25, -0.2) is 0 Å². The molecule has 1 heterocycles. The van der Waals surface area contributed by atoms with Crippen molar-refractivity contribution >= 4 is 28.8 Å². The molecule has 2 amide bonds. The van der Waals surface area contributed by atoms with Crippen LogP contribution in [-0.4, -0.2) is 18.9 Å². The largest absolute Gasteiger partial charge is 0.359 e. The molecule has 4 nitrogen and oxygen atoms in total. The molecule has 2 aromatic rings. The summed E-state index contributed by atoms with van der Waals surface area (Å²) in [6, 6.07) is 11.6. The van der Waals surface area contributed by atoms with Gasteiger partial charge in [0.1, 0.15) is 0 Å². The molecular formula is C19H22N2O2S. The van der Waals surface area contributed by atoms with Crippen molar-refractivity contribution in [2.75, 3.05) is 12.4 Å². The van der Waals surface area contributed by atoms with Gasteiger partial charge in [0.2, 0.25) is 11.8 Å². The van der Waals surface area contributed by atoms with E-state index < -0.39 is 0 Å². The van der Waals surface area contributed by atoms with Crippen molar-refractivity contribution in [3.05, 3.63) is 52.2 Å². The third-order valence-corrected chi connectivity index (χ3v) is 5.81. The minimum absolute atomic E-state index is 0.0191. The fraction of sp³-hybridized carbons (Fsp3) is 0.368.